The number of carboxylic acid groups (broad SMARTS) is 1. The van der Waals surface area contributed by atoms with Crippen molar-refractivity contribution in [1.82, 2.24) is 14.9 Å². The molecular formula is C9H15N3O2. The van der Waals surface area contributed by atoms with Crippen molar-refractivity contribution in [2.45, 2.75) is 19.4 Å². The number of nitrogens with zero attached hydrogens (tertiary/aromatic N) is 2. The summed E-state index contributed by atoms with van der Waals surface area (Å²) in [5.74, 6) is -0.808. The third kappa shape index (κ3) is 2.56. The second kappa shape index (κ2) is 4.76. The molecule has 1 unspecified atom stereocenters. The van der Waals surface area contributed by atoms with E-state index >= 15 is 0 Å². The third-order valence-electron chi connectivity index (χ3n) is 2.04. The summed E-state index contributed by atoms with van der Waals surface area (Å²) in [4.78, 5) is 14.6. The van der Waals surface area contributed by atoms with E-state index in [-0.39, 0.29) is 12.5 Å². The fourth-order valence-electron chi connectivity index (χ4n) is 1.41. The van der Waals surface area contributed by atoms with E-state index in [0.717, 1.165) is 12.2 Å². The summed E-state index contributed by atoms with van der Waals surface area (Å²) >= 11 is 0. The average molecular weight is 197 g/mol. The average Bonchev–Trinajstić information content (AvgIpc) is 2.50. The highest BCUT2D eigenvalue weighted by atomic mass is 16.4. The lowest BCUT2D eigenvalue weighted by Crippen LogP contribution is -2.25. The maximum absolute atomic E-state index is 10.6. The smallest absolute Gasteiger partial charge is 0.305 e. The summed E-state index contributed by atoms with van der Waals surface area (Å²) in [5, 5.41) is 11.8. The summed E-state index contributed by atoms with van der Waals surface area (Å²) in [6.45, 7) is 2.69. The van der Waals surface area contributed by atoms with Gasteiger partial charge in [-0.2, -0.15) is 0 Å². The molecule has 0 bridgehead atoms. The molecule has 0 fully saturated rings. The molecular weight excluding hydrogens is 182 g/mol. The number of hydrogen-bond acceptors (Lipinski definition) is 3. The van der Waals surface area contributed by atoms with E-state index in [1.165, 1.54) is 0 Å². The Morgan fingerprint density at radius 3 is 2.93 bits per heavy atom. The first-order chi connectivity index (χ1) is 6.65. The van der Waals surface area contributed by atoms with Crippen molar-refractivity contribution in [3.63, 3.8) is 0 Å². The number of aryl methyl sites for hydroxylation is 1. The Hall–Kier alpha value is -1.36. The molecule has 0 saturated heterocycles. The lowest BCUT2D eigenvalue weighted by molar-refractivity contribution is -0.137. The molecule has 0 saturated carbocycles. The molecule has 0 spiro atoms. The molecule has 0 aliphatic heterocycles. The number of aliphatic carboxylic acids is 1. The lowest BCUT2D eigenvalue weighted by Gasteiger charge is -2.15. The molecule has 78 valence electrons. The summed E-state index contributed by atoms with van der Waals surface area (Å²) in [6.07, 6.45) is 3.44. The zero-order chi connectivity index (χ0) is 10.6. The van der Waals surface area contributed by atoms with Gasteiger partial charge in [0.05, 0.1) is 24.5 Å². The Balaban J connectivity index is 2.77. The van der Waals surface area contributed by atoms with E-state index in [1.54, 1.807) is 12.5 Å². The van der Waals surface area contributed by atoms with Crippen LogP contribution < -0.4 is 5.32 Å². The van der Waals surface area contributed by atoms with Crippen LogP contribution in [0, 0.1) is 0 Å². The monoisotopic (exact) mass is 197 g/mol. The highest BCUT2D eigenvalue weighted by Gasteiger charge is 2.16. The molecule has 0 amide bonds. The molecule has 0 radical (unpaired) electrons. The van der Waals surface area contributed by atoms with Gasteiger partial charge >= 0.3 is 5.97 Å². The topological polar surface area (TPSA) is 67.2 Å². The van der Waals surface area contributed by atoms with Crippen LogP contribution in [0.3, 0.4) is 0 Å². The van der Waals surface area contributed by atoms with Gasteiger partial charge < -0.3 is 15.0 Å². The normalized spacial score (nSPS) is 12.7. The molecule has 14 heavy (non-hydrogen) atoms. The quantitative estimate of drug-likeness (QED) is 0.723. The first-order valence-electron chi connectivity index (χ1n) is 4.56. The fourth-order valence-corrected chi connectivity index (χ4v) is 1.41. The molecule has 5 heteroatoms. The predicted octanol–water partition coefficient (Wildman–Crippen LogP) is 0.545. The number of imidazole rings is 1. The minimum atomic E-state index is -0.808. The van der Waals surface area contributed by atoms with Crippen molar-refractivity contribution in [2.75, 3.05) is 6.54 Å². The maximum atomic E-state index is 10.6. The van der Waals surface area contributed by atoms with Crippen LogP contribution in [0.2, 0.25) is 0 Å². The number of nitrogens with one attached hydrogen (secondary N) is 1. The van der Waals surface area contributed by atoms with E-state index in [1.807, 2.05) is 18.5 Å². The number of hydrogen-bond donors (Lipinski definition) is 2. The molecule has 1 aromatic heterocycles. The first-order valence-corrected chi connectivity index (χ1v) is 4.56. The number of carbonyl (C=O) groups is 1. The molecule has 0 aromatic carbocycles. The van der Waals surface area contributed by atoms with Crippen LogP contribution in [-0.4, -0.2) is 27.2 Å². The van der Waals surface area contributed by atoms with Crippen LogP contribution in [-0.2, 0) is 11.8 Å². The minimum absolute atomic E-state index is 0.0768. The predicted molar refractivity (Wildman–Crippen MR) is 51.9 cm³/mol. The molecule has 1 atom stereocenters. The van der Waals surface area contributed by atoms with E-state index in [2.05, 4.69) is 10.3 Å². The Labute approximate surface area is 82.8 Å². The molecule has 1 aromatic rings. The molecule has 1 heterocycles. The van der Waals surface area contributed by atoms with Crippen molar-refractivity contribution in [1.29, 1.82) is 0 Å². The van der Waals surface area contributed by atoms with E-state index in [9.17, 15) is 4.79 Å². The zero-order valence-corrected chi connectivity index (χ0v) is 8.40. The van der Waals surface area contributed by atoms with Gasteiger partial charge in [-0.25, -0.2) is 4.98 Å². The third-order valence-corrected chi connectivity index (χ3v) is 2.04. The van der Waals surface area contributed by atoms with Crippen molar-refractivity contribution in [2.24, 2.45) is 7.05 Å². The summed E-state index contributed by atoms with van der Waals surface area (Å²) in [7, 11) is 1.86. The van der Waals surface area contributed by atoms with Gasteiger partial charge in [0, 0.05) is 13.2 Å². The Morgan fingerprint density at radius 1 is 1.79 bits per heavy atom. The van der Waals surface area contributed by atoms with Crippen molar-refractivity contribution < 1.29 is 9.90 Å². The number of carboxylic acids is 1. The highest BCUT2D eigenvalue weighted by Crippen LogP contribution is 2.15. The standard InChI is InChI=1S/C9H15N3O2/c1-3-11-7(4-9(13)14)8-5-10-6-12(8)2/h5-7,11H,3-4H2,1-2H3,(H,13,14). The lowest BCUT2D eigenvalue weighted by atomic mass is 10.1. The van der Waals surface area contributed by atoms with Crippen molar-refractivity contribution in [3.8, 4) is 0 Å². The van der Waals surface area contributed by atoms with Crippen LogP contribution in [0.4, 0.5) is 0 Å². The highest BCUT2D eigenvalue weighted by molar-refractivity contribution is 5.67. The van der Waals surface area contributed by atoms with Crippen molar-refractivity contribution >= 4 is 5.97 Å². The van der Waals surface area contributed by atoms with Crippen LogP contribution in [0.5, 0.6) is 0 Å². The largest absolute Gasteiger partial charge is 0.481 e. The maximum Gasteiger partial charge on any atom is 0.305 e. The second-order valence-corrected chi connectivity index (χ2v) is 3.14. The molecule has 0 aliphatic rings. The minimum Gasteiger partial charge on any atom is -0.481 e. The Bertz CT molecular complexity index is 309. The Morgan fingerprint density at radius 2 is 2.50 bits per heavy atom. The number of aromatic nitrogens is 2. The van der Waals surface area contributed by atoms with Crippen LogP contribution in [0.15, 0.2) is 12.5 Å². The first kappa shape index (κ1) is 10.7. The van der Waals surface area contributed by atoms with E-state index < -0.39 is 5.97 Å². The molecule has 0 aliphatic carbocycles. The van der Waals surface area contributed by atoms with Gasteiger partial charge in [-0.05, 0) is 6.54 Å². The van der Waals surface area contributed by atoms with Gasteiger partial charge in [0.25, 0.3) is 0 Å². The SMILES string of the molecule is CCNC(CC(=O)O)c1cncn1C. The molecule has 5 nitrogen and oxygen atoms in total. The fraction of sp³-hybridized carbons (Fsp3) is 0.556. The molecule has 2 N–H and O–H groups in total. The van der Waals surface area contributed by atoms with E-state index in [0.29, 0.717) is 0 Å². The van der Waals surface area contributed by atoms with Gasteiger partial charge in [0.1, 0.15) is 0 Å². The van der Waals surface area contributed by atoms with Gasteiger partial charge in [-0.1, -0.05) is 6.92 Å². The number of rotatable bonds is 5. The van der Waals surface area contributed by atoms with Gasteiger partial charge in [-0.15, -0.1) is 0 Å². The summed E-state index contributed by atoms with van der Waals surface area (Å²) in [5.41, 5.74) is 0.897. The van der Waals surface area contributed by atoms with E-state index in [4.69, 9.17) is 5.11 Å². The van der Waals surface area contributed by atoms with Crippen LogP contribution in [0.1, 0.15) is 25.1 Å². The summed E-state index contributed by atoms with van der Waals surface area (Å²) < 4.78 is 1.83. The van der Waals surface area contributed by atoms with Crippen LogP contribution in [0.25, 0.3) is 0 Å². The van der Waals surface area contributed by atoms with Crippen molar-refractivity contribution in [3.05, 3.63) is 18.2 Å². The van der Waals surface area contributed by atoms with Gasteiger partial charge in [0.15, 0.2) is 0 Å². The Kier molecular flexibility index (Phi) is 3.64. The molecule has 1 rings (SSSR count). The second-order valence-electron chi connectivity index (χ2n) is 3.14. The van der Waals surface area contributed by atoms with Crippen LogP contribution >= 0.6 is 0 Å². The summed E-state index contributed by atoms with van der Waals surface area (Å²) in [6, 6.07) is -0.162. The zero-order valence-electron chi connectivity index (χ0n) is 8.40. The van der Waals surface area contributed by atoms with Gasteiger partial charge in [-0.3, -0.25) is 4.79 Å². The van der Waals surface area contributed by atoms with Gasteiger partial charge in [0.2, 0.25) is 0 Å².